The van der Waals surface area contributed by atoms with Crippen molar-refractivity contribution >= 4 is 21.8 Å². The van der Waals surface area contributed by atoms with Gasteiger partial charge in [-0.25, -0.2) is 0 Å². The van der Waals surface area contributed by atoms with Gasteiger partial charge in [-0.05, 0) is 44.0 Å². The van der Waals surface area contributed by atoms with Crippen molar-refractivity contribution in [1.82, 2.24) is 10.2 Å². The number of rotatable bonds is 3. The molecule has 1 aromatic rings. The molecule has 2 atom stereocenters. The topological polar surface area (TPSA) is 41.6 Å². The first-order valence-corrected chi connectivity index (χ1v) is 8.37. The number of halogens is 1. The summed E-state index contributed by atoms with van der Waals surface area (Å²) in [4.78, 5) is 15.1. The van der Waals surface area contributed by atoms with Gasteiger partial charge in [0, 0.05) is 23.1 Å². The Morgan fingerprint density at radius 3 is 3.00 bits per heavy atom. The summed E-state index contributed by atoms with van der Waals surface area (Å²) in [5, 5.41) is 3.21. The number of amides is 1. The molecule has 0 radical (unpaired) electrons. The maximum atomic E-state index is 12.5. The lowest BCUT2D eigenvalue weighted by atomic mass is 9.98. The zero-order valence-electron chi connectivity index (χ0n) is 12.3. The number of ether oxygens (including phenoxy) is 1. The summed E-state index contributed by atoms with van der Waals surface area (Å²) in [5.74, 6) is 0.581. The van der Waals surface area contributed by atoms with Gasteiger partial charge in [0.1, 0.15) is 5.75 Å². The van der Waals surface area contributed by atoms with Crippen molar-refractivity contribution in [2.45, 2.75) is 37.8 Å². The molecular formula is C16H21BrN2O2. The van der Waals surface area contributed by atoms with Crippen LogP contribution in [0.25, 0.3) is 0 Å². The largest absolute Gasteiger partial charge is 0.496 e. The zero-order valence-corrected chi connectivity index (χ0v) is 13.9. The van der Waals surface area contributed by atoms with Gasteiger partial charge in [-0.2, -0.15) is 0 Å². The van der Waals surface area contributed by atoms with Gasteiger partial charge in [0.05, 0.1) is 12.7 Å². The number of piperidine rings is 1. The maximum Gasteiger partial charge on any atom is 0.255 e. The third-order valence-electron chi connectivity index (χ3n) is 4.58. The van der Waals surface area contributed by atoms with Crippen LogP contribution in [0.3, 0.4) is 0 Å². The lowest BCUT2D eigenvalue weighted by Gasteiger charge is -2.32. The molecule has 2 aliphatic heterocycles. The van der Waals surface area contributed by atoms with E-state index in [1.54, 1.807) is 7.11 Å². The summed E-state index contributed by atoms with van der Waals surface area (Å²) < 4.78 is 6.23. The SMILES string of the molecule is COc1cc(Br)ccc1C(=O)NC1CCN2CCCCC12. The molecule has 3 rings (SSSR count). The molecule has 1 N–H and O–H groups in total. The second kappa shape index (κ2) is 6.36. The molecule has 2 fully saturated rings. The normalized spacial score (nSPS) is 25.4. The second-order valence-electron chi connectivity index (χ2n) is 5.81. The van der Waals surface area contributed by atoms with Crippen LogP contribution in [0.4, 0.5) is 0 Å². The van der Waals surface area contributed by atoms with Crippen LogP contribution >= 0.6 is 15.9 Å². The molecule has 5 heteroatoms. The summed E-state index contributed by atoms with van der Waals surface area (Å²) >= 11 is 3.40. The lowest BCUT2D eigenvalue weighted by molar-refractivity contribution is 0.0912. The van der Waals surface area contributed by atoms with E-state index < -0.39 is 0 Å². The van der Waals surface area contributed by atoms with E-state index in [-0.39, 0.29) is 11.9 Å². The Kier molecular flexibility index (Phi) is 4.50. The molecular weight excluding hydrogens is 332 g/mol. The maximum absolute atomic E-state index is 12.5. The molecule has 0 spiro atoms. The van der Waals surface area contributed by atoms with Crippen molar-refractivity contribution in [1.29, 1.82) is 0 Å². The third-order valence-corrected chi connectivity index (χ3v) is 5.07. The molecule has 0 saturated carbocycles. The molecule has 2 unspecified atom stereocenters. The first kappa shape index (κ1) is 14.9. The summed E-state index contributed by atoms with van der Waals surface area (Å²) in [5.41, 5.74) is 0.606. The van der Waals surface area contributed by atoms with Crippen LogP contribution < -0.4 is 10.1 Å². The van der Waals surface area contributed by atoms with Crippen molar-refractivity contribution in [2.75, 3.05) is 20.2 Å². The number of fused-ring (bicyclic) bond motifs is 1. The molecule has 0 bridgehead atoms. The smallest absolute Gasteiger partial charge is 0.255 e. The summed E-state index contributed by atoms with van der Waals surface area (Å²) in [6.45, 7) is 2.28. The Bertz CT molecular complexity index is 535. The fraction of sp³-hybridized carbons (Fsp3) is 0.562. The number of methoxy groups -OCH3 is 1. The van der Waals surface area contributed by atoms with Crippen LogP contribution in [0.15, 0.2) is 22.7 Å². The second-order valence-corrected chi connectivity index (χ2v) is 6.73. The molecule has 4 nitrogen and oxygen atoms in total. The Labute approximate surface area is 134 Å². The fourth-order valence-corrected chi connectivity index (χ4v) is 3.85. The van der Waals surface area contributed by atoms with Crippen LogP contribution in [0.5, 0.6) is 5.75 Å². The number of carbonyl (C=O) groups excluding carboxylic acids is 1. The van der Waals surface area contributed by atoms with E-state index in [4.69, 9.17) is 4.74 Å². The van der Waals surface area contributed by atoms with Gasteiger partial charge in [-0.3, -0.25) is 9.69 Å². The molecule has 0 aliphatic carbocycles. The number of nitrogens with zero attached hydrogens (tertiary/aromatic N) is 1. The predicted octanol–water partition coefficient (Wildman–Crippen LogP) is 2.81. The van der Waals surface area contributed by atoms with Gasteiger partial charge < -0.3 is 10.1 Å². The van der Waals surface area contributed by atoms with E-state index in [1.165, 1.54) is 25.8 Å². The lowest BCUT2D eigenvalue weighted by Crippen LogP contribution is -2.46. The molecule has 1 aromatic carbocycles. The van der Waals surface area contributed by atoms with Gasteiger partial charge >= 0.3 is 0 Å². The number of nitrogens with one attached hydrogen (secondary N) is 1. The Morgan fingerprint density at radius 2 is 2.19 bits per heavy atom. The van der Waals surface area contributed by atoms with Crippen LogP contribution in [0.2, 0.25) is 0 Å². The van der Waals surface area contributed by atoms with E-state index in [0.29, 0.717) is 17.4 Å². The molecule has 2 aliphatic rings. The highest BCUT2D eigenvalue weighted by Gasteiger charge is 2.36. The molecule has 21 heavy (non-hydrogen) atoms. The van der Waals surface area contributed by atoms with Crippen molar-refractivity contribution in [2.24, 2.45) is 0 Å². The standard InChI is InChI=1S/C16H21BrN2O2/c1-21-15-10-11(17)5-6-12(15)16(20)18-13-7-9-19-8-3-2-4-14(13)19/h5-6,10,13-14H,2-4,7-9H2,1H3,(H,18,20). The average Bonchev–Trinajstić information content (AvgIpc) is 2.90. The Morgan fingerprint density at radius 1 is 1.33 bits per heavy atom. The average molecular weight is 353 g/mol. The Hall–Kier alpha value is -1.07. The van der Waals surface area contributed by atoms with Crippen LogP contribution in [-0.4, -0.2) is 43.1 Å². The van der Waals surface area contributed by atoms with Crippen molar-refractivity contribution in [3.8, 4) is 5.75 Å². The van der Waals surface area contributed by atoms with Crippen molar-refractivity contribution in [3.05, 3.63) is 28.2 Å². The molecule has 2 saturated heterocycles. The van der Waals surface area contributed by atoms with Crippen LogP contribution in [-0.2, 0) is 0 Å². The van der Waals surface area contributed by atoms with Gasteiger partial charge in [0.25, 0.3) is 5.91 Å². The quantitative estimate of drug-likeness (QED) is 0.909. The van der Waals surface area contributed by atoms with Crippen molar-refractivity contribution in [3.63, 3.8) is 0 Å². The third kappa shape index (κ3) is 3.09. The Balaban J connectivity index is 1.72. The van der Waals surface area contributed by atoms with Gasteiger partial charge in [-0.15, -0.1) is 0 Å². The fourth-order valence-electron chi connectivity index (χ4n) is 3.51. The predicted molar refractivity (Wildman–Crippen MR) is 85.8 cm³/mol. The van der Waals surface area contributed by atoms with Crippen molar-refractivity contribution < 1.29 is 9.53 Å². The summed E-state index contributed by atoms with van der Waals surface area (Å²) in [7, 11) is 1.59. The van der Waals surface area contributed by atoms with Crippen LogP contribution in [0, 0.1) is 0 Å². The summed E-state index contributed by atoms with van der Waals surface area (Å²) in [6, 6.07) is 6.30. The number of benzene rings is 1. The van der Waals surface area contributed by atoms with E-state index in [1.807, 2.05) is 18.2 Å². The first-order valence-electron chi connectivity index (χ1n) is 7.57. The minimum absolute atomic E-state index is 0.0308. The van der Waals surface area contributed by atoms with Crippen LogP contribution in [0.1, 0.15) is 36.0 Å². The van der Waals surface area contributed by atoms with E-state index in [2.05, 4.69) is 26.1 Å². The monoisotopic (exact) mass is 352 g/mol. The van der Waals surface area contributed by atoms with Gasteiger partial charge in [-0.1, -0.05) is 22.4 Å². The highest BCUT2D eigenvalue weighted by atomic mass is 79.9. The number of hydrogen-bond donors (Lipinski definition) is 1. The highest BCUT2D eigenvalue weighted by molar-refractivity contribution is 9.10. The minimum atomic E-state index is -0.0308. The minimum Gasteiger partial charge on any atom is -0.496 e. The molecule has 1 amide bonds. The van der Waals surface area contributed by atoms with Gasteiger partial charge in [0.15, 0.2) is 0 Å². The molecule has 114 valence electrons. The molecule has 0 aromatic heterocycles. The van der Waals surface area contributed by atoms with E-state index in [9.17, 15) is 4.79 Å². The number of hydrogen-bond acceptors (Lipinski definition) is 3. The van der Waals surface area contributed by atoms with E-state index in [0.717, 1.165) is 17.4 Å². The summed E-state index contributed by atoms with van der Waals surface area (Å²) in [6.07, 6.45) is 4.81. The first-order chi connectivity index (χ1) is 10.2. The van der Waals surface area contributed by atoms with Gasteiger partial charge in [0.2, 0.25) is 0 Å². The number of carbonyl (C=O) groups is 1. The highest BCUT2D eigenvalue weighted by Crippen LogP contribution is 2.28. The van der Waals surface area contributed by atoms with E-state index >= 15 is 0 Å². The molecule has 2 heterocycles. The zero-order chi connectivity index (χ0) is 14.8.